The van der Waals surface area contributed by atoms with Crippen LogP contribution in [0.25, 0.3) is 0 Å². The highest BCUT2D eigenvalue weighted by Gasteiger charge is 2.47. The van der Waals surface area contributed by atoms with Gasteiger partial charge < -0.3 is 45.1 Å². The van der Waals surface area contributed by atoms with Gasteiger partial charge >= 0.3 is 5.97 Å². The molecule has 6 N–H and O–H groups in total. The van der Waals surface area contributed by atoms with Crippen molar-refractivity contribution in [3.63, 3.8) is 0 Å². The number of hydrogen-bond acceptors (Lipinski definition) is 10. The van der Waals surface area contributed by atoms with Crippen molar-refractivity contribution in [1.29, 1.82) is 0 Å². The molecule has 0 radical (unpaired) electrons. The molecule has 11 heteroatoms. The summed E-state index contributed by atoms with van der Waals surface area (Å²) in [6.45, 7) is 5.80. The molecular weight excluding hydrogens is 1010 g/mol. The van der Waals surface area contributed by atoms with Crippen molar-refractivity contribution in [1.82, 2.24) is 5.32 Å². The molecule has 11 nitrogen and oxygen atoms in total. The zero-order chi connectivity index (χ0) is 58.9. The maximum absolute atomic E-state index is 13.4. The number of carbonyl (C=O) groups excluding carboxylic acids is 2. The average Bonchev–Trinajstić information content (AvgIpc) is 3.51. The number of unbranched alkanes of at least 4 members (excludes halogenated alkanes) is 42. The summed E-state index contributed by atoms with van der Waals surface area (Å²) in [6, 6.07) is -1.03. The maximum Gasteiger partial charge on any atom is 0.306 e. The van der Waals surface area contributed by atoms with Gasteiger partial charge in [0.25, 0.3) is 0 Å². The third-order valence-corrected chi connectivity index (χ3v) is 16.5. The van der Waals surface area contributed by atoms with Gasteiger partial charge in [0.1, 0.15) is 24.4 Å². The van der Waals surface area contributed by atoms with Crippen LogP contribution in [0.5, 0.6) is 0 Å². The monoisotopic (exact) mass is 1150 g/mol. The fraction of sp³-hybridized carbons (Fsp3) is 0.886. The number of aliphatic hydroxyl groups excluding tert-OH is 5. The minimum atomic E-state index is -1.61. The lowest BCUT2D eigenvalue weighted by Gasteiger charge is -2.41. The second-order valence-corrected chi connectivity index (χ2v) is 24.3. The quantitative estimate of drug-likeness (QED) is 0.0195. The molecule has 0 aromatic heterocycles. The molecule has 0 aliphatic carbocycles. The van der Waals surface area contributed by atoms with E-state index in [2.05, 4.69) is 50.4 Å². The van der Waals surface area contributed by atoms with E-state index in [1.165, 1.54) is 231 Å². The Bertz CT molecular complexity index is 1460. The van der Waals surface area contributed by atoms with Gasteiger partial charge in [-0.15, -0.1) is 0 Å². The van der Waals surface area contributed by atoms with Gasteiger partial charge in [0.2, 0.25) is 5.91 Å². The van der Waals surface area contributed by atoms with Crippen molar-refractivity contribution in [2.24, 2.45) is 0 Å². The highest BCUT2D eigenvalue weighted by atomic mass is 16.7. The first-order valence-electron chi connectivity index (χ1n) is 34.8. The number of ether oxygens (including phenoxy) is 3. The lowest BCUT2D eigenvalue weighted by atomic mass is 9.99. The average molecular weight is 1150 g/mol. The third-order valence-electron chi connectivity index (χ3n) is 16.5. The van der Waals surface area contributed by atoms with Crippen LogP contribution in [0.15, 0.2) is 36.5 Å². The molecule has 0 aromatic carbocycles. The summed E-state index contributed by atoms with van der Waals surface area (Å²) < 4.78 is 17.7. The molecular formula is C70H131NO10. The summed E-state index contributed by atoms with van der Waals surface area (Å²) in [5.41, 5.74) is 0. The van der Waals surface area contributed by atoms with E-state index in [4.69, 9.17) is 14.2 Å². The zero-order valence-corrected chi connectivity index (χ0v) is 52.9. The van der Waals surface area contributed by atoms with E-state index >= 15 is 0 Å². The fourth-order valence-corrected chi connectivity index (χ4v) is 11.0. The van der Waals surface area contributed by atoms with Crippen molar-refractivity contribution < 1.29 is 49.3 Å². The minimum Gasteiger partial charge on any atom is -0.454 e. The Morgan fingerprint density at radius 3 is 1.20 bits per heavy atom. The number of nitrogens with one attached hydrogen (secondary N) is 1. The van der Waals surface area contributed by atoms with Crippen LogP contribution in [0.3, 0.4) is 0 Å². The smallest absolute Gasteiger partial charge is 0.306 e. The van der Waals surface area contributed by atoms with Gasteiger partial charge in [0.15, 0.2) is 12.4 Å². The van der Waals surface area contributed by atoms with Crippen LogP contribution in [-0.4, -0.2) is 99.6 Å². The van der Waals surface area contributed by atoms with E-state index in [1.807, 2.05) is 6.08 Å². The Kier molecular flexibility index (Phi) is 55.3. The number of rotatable bonds is 60. The maximum atomic E-state index is 13.4. The van der Waals surface area contributed by atoms with Crippen molar-refractivity contribution in [2.75, 3.05) is 13.2 Å². The molecule has 1 aliphatic rings. The first-order chi connectivity index (χ1) is 39.7. The van der Waals surface area contributed by atoms with Crippen LogP contribution in [0.4, 0.5) is 0 Å². The Labute approximate surface area is 498 Å². The molecule has 1 fully saturated rings. The first-order valence-corrected chi connectivity index (χ1v) is 34.8. The molecule has 0 spiro atoms. The molecule has 1 heterocycles. The van der Waals surface area contributed by atoms with Crippen molar-refractivity contribution >= 4 is 11.9 Å². The molecule has 81 heavy (non-hydrogen) atoms. The summed E-state index contributed by atoms with van der Waals surface area (Å²) in [5.74, 6) is -1.20. The zero-order valence-electron chi connectivity index (χ0n) is 52.9. The Morgan fingerprint density at radius 2 is 0.815 bits per heavy atom. The van der Waals surface area contributed by atoms with Crippen molar-refractivity contribution in [2.45, 2.75) is 384 Å². The van der Waals surface area contributed by atoms with Gasteiger partial charge in [-0.3, -0.25) is 9.59 Å². The molecule has 1 saturated heterocycles. The predicted octanol–water partition coefficient (Wildman–Crippen LogP) is 17.4. The van der Waals surface area contributed by atoms with E-state index < -0.39 is 67.4 Å². The summed E-state index contributed by atoms with van der Waals surface area (Å²) in [6.07, 6.45) is 60.6. The van der Waals surface area contributed by atoms with Crippen molar-refractivity contribution in [3.05, 3.63) is 36.5 Å². The van der Waals surface area contributed by atoms with Crippen LogP contribution in [0, 0.1) is 0 Å². The van der Waals surface area contributed by atoms with Crippen LogP contribution in [0.1, 0.15) is 335 Å². The summed E-state index contributed by atoms with van der Waals surface area (Å²) in [7, 11) is 0. The SMILES string of the molecule is CCCCCCCC/C=C/CCCCCCCCCCCCCCCCCCCC(=O)OC1C(OCC(NC(=O)C(O)CCCC/C=C\CCCCCCCCC)C(O)/C=C/CCCCCCCCCCCC)OC(CO)C(O)C1O. The van der Waals surface area contributed by atoms with Crippen LogP contribution in [-0.2, 0) is 23.8 Å². The van der Waals surface area contributed by atoms with Crippen molar-refractivity contribution in [3.8, 4) is 0 Å². The first kappa shape index (κ1) is 76.9. The molecule has 1 aliphatic heterocycles. The van der Waals surface area contributed by atoms with Crippen LogP contribution < -0.4 is 5.32 Å². The molecule has 1 amide bonds. The Morgan fingerprint density at radius 1 is 0.469 bits per heavy atom. The summed E-state index contributed by atoms with van der Waals surface area (Å²) in [5, 5.41) is 57.0. The Balaban J connectivity index is 2.52. The largest absolute Gasteiger partial charge is 0.454 e. The number of amides is 1. The molecule has 1 rings (SSSR count). The minimum absolute atomic E-state index is 0.126. The van der Waals surface area contributed by atoms with E-state index in [1.54, 1.807) is 6.08 Å². The van der Waals surface area contributed by atoms with Gasteiger partial charge in [-0.1, -0.05) is 288 Å². The Hall–Kier alpha value is -2.12. The summed E-state index contributed by atoms with van der Waals surface area (Å²) >= 11 is 0. The molecule has 8 unspecified atom stereocenters. The molecule has 0 bridgehead atoms. The second-order valence-electron chi connectivity index (χ2n) is 24.3. The van der Waals surface area contributed by atoms with Gasteiger partial charge in [-0.25, -0.2) is 0 Å². The van der Waals surface area contributed by atoms with Gasteiger partial charge in [0.05, 0.1) is 25.4 Å². The highest BCUT2D eigenvalue weighted by molar-refractivity contribution is 5.80. The molecule has 0 aromatic rings. The molecule has 476 valence electrons. The molecule has 0 saturated carbocycles. The number of esters is 1. The van der Waals surface area contributed by atoms with E-state index in [0.29, 0.717) is 12.8 Å². The third kappa shape index (κ3) is 45.9. The highest BCUT2D eigenvalue weighted by Crippen LogP contribution is 2.26. The molecule has 8 atom stereocenters. The van der Waals surface area contributed by atoms with E-state index in [0.717, 1.165) is 57.8 Å². The standard InChI is InChI=1S/C70H131NO10/c1-4-7-10-13-16-19-22-25-26-27-28-29-30-31-32-33-34-35-36-37-38-40-43-46-49-52-55-58-65(75)81-68-67(77)66(76)64(59-72)80-70(68)79-60-61(62(73)56-53-50-47-44-41-24-21-18-15-12-9-6-3)71-69(78)63(74)57-54-51-48-45-42-39-23-20-17-14-11-8-5-2/h25-26,42,45,53,56,61-64,66-68,70,72-74,76-77H,4-24,27-41,43-44,46-52,54-55,57-60H2,1-3H3,(H,71,78)/b26-25+,45-42-,56-53+. The fourth-order valence-electron chi connectivity index (χ4n) is 11.0. The van der Waals surface area contributed by atoms with Crippen LogP contribution in [0.2, 0.25) is 0 Å². The van der Waals surface area contributed by atoms with E-state index in [-0.39, 0.29) is 19.4 Å². The lowest BCUT2D eigenvalue weighted by Crippen LogP contribution is -2.61. The predicted molar refractivity (Wildman–Crippen MR) is 338 cm³/mol. The number of allylic oxidation sites excluding steroid dienone is 5. The van der Waals surface area contributed by atoms with Crippen LogP contribution >= 0.6 is 0 Å². The van der Waals surface area contributed by atoms with Gasteiger partial charge in [-0.2, -0.15) is 0 Å². The summed E-state index contributed by atoms with van der Waals surface area (Å²) in [4.78, 5) is 26.6. The second kappa shape index (κ2) is 58.3. The lowest BCUT2D eigenvalue weighted by molar-refractivity contribution is -0.305. The topological polar surface area (TPSA) is 175 Å². The van der Waals surface area contributed by atoms with Gasteiger partial charge in [0, 0.05) is 6.42 Å². The van der Waals surface area contributed by atoms with E-state index in [9.17, 15) is 35.1 Å². The normalized spacial score (nSPS) is 18.8. The number of carbonyl (C=O) groups is 2. The number of hydrogen-bond donors (Lipinski definition) is 6. The van der Waals surface area contributed by atoms with Gasteiger partial charge in [-0.05, 0) is 77.0 Å². The number of aliphatic hydroxyl groups is 5.